The summed E-state index contributed by atoms with van der Waals surface area (Å²) in [6, 6.07) is 11.2. The van der Waals surface area contributed by atoms with Gasteiger partial charge in [-0.2, -0.15) is 0 Å². The van der Waals surface area contributed by atoms with Gasteiger partial charge in [-0.3, -0.25) is 14.5 Å². The lowest BCUT2D eigenvalue weighted by atomic mass is 10.2. The molecule has 3 N–H and O–H groups in total. The van der Waals surface area contributed by atoms with Crippen LogP contribution in [0.25, 0.3) is 5.65 Å². The van der Waals surface area contributed by atoms with Crippen molar-refractivity contribution in [3.05, 3.63) is 64.6 Å². The monoisotopic (exact) mass is 369 g/mol. The molecule has 0 saturated carbocycles. The Morgan fingerprint density at radius 3 is 2.78 bits per heavy atom. The molecular formula is C17H19N7O3. The first kappa shape index (κ1) is 18.1. The molecule has 2 amide bonds. The second kappa shape index (κ2) is 8.13. The second-order valence-electron chi connectivity index (χ2n) is 5.81. The standard InChI is InChI=1S/C17H19N7O3/c1-12(16-22-21-15-8-4-5-11-23(15)16)20-17(25)19-10-9-18-13-6-2-3-7-14(13)24(26)27/h2-8,11-12,18H,9-10H2,1H3,(H2,19,20,25). The van der Waals surface area contributed by atoms with E-state index in [4.69, 9.17) is 0 Å². The number of nitro groups is 1. The number of anilines is 1. The minimum absolute atomic E-state index is 0.00532. The van der Waals surface area contributed by atoms with Gasteiger partial charge in [0.1, 0.15) is 5.69 Å². The number of urea groups is 1. The van der Waals surface area contributed by atoms with E-state index in [1.807, 2.05) is 31.3 Å². The van der Waals surface area contributed by atoms with Gasteiger partial charge in [0.15, 0.2) is 11.5 Å². The molecule has 1 aromatic carbocycles. The third-order valence-corrected chi connectivity index (χ3v) is 3.90. The quantitative estimate of drug-likeness (QED) is 0.333. The molecule has 10 nitrogen and oxygen atoms in total. The molecule has 1 atom stereocenters. The van der Waals surface area contributed by atoms with Crippen molar-refractivity contribution >= 4 is 23.1 Å². The molecule has 0 aliphatic carbocycles. The Morgan fingerprint density at radius 1 is 1.19 bits per heavy atom. The van der Waals surface area contributed by atoms with E-state index >= 15 is 0 Å². The molecule has 10 heteroatoms. The van der Waals surface area contributed by atoms with Crippen LogP contribution in [0.1, 0.15) is 18.8 Å². The normalized spacial score (nSPS) is 11.7. The zero-order valence-corrected chi connectivity index (χ0v) is 14.6. The summed E-state index contributed by atoms with van der Waals surface area (Å²) in [5.41, 5.74) is 1.11. The van der Waals surface area contributed by atoms with Crippen LogP contribution in [0.15, 0.2) is 48.7 Å². The average molecular weight is 369 g/mol. The van der Waals surface area contributed by atoms with E-state index in [0.717, 1.165) is 0 Å². The van der Waals surface area contributed by atoms with Gasteiger partial charge in [0, 0.05) is 25.4 Å². The van der Waals surface area contributed by atoms with Gasteiger partial charge in [0.05, 0.1) is 11.0 Å². The number of nitrogens with zero attached hydrogens (tertiary/aromatic N) is 4. The van der Waals surface area contributed by atoms with Gasteiger partial charge in [0.2, 0.25) is 0 Å². The number of nitro benzene ring substituents is 1. The number of carbonyl (C=O) groups excluding carboxylic acids is 1. The lowest BCUT2D eigenvalue weighted by Gasteiger charge is -2.14. The molecule has 0 fully saturated rings. The van der Waals surface area contributed by atoms with Crippen LogP contribution in [0.3, 0.4) is 0 Å². The summed E-state index contributed by atoms with van der Waals surface area (Å²) in [5.74, 6) is 0.624. The molecule has 1 unspecified atom stereocenters. The Balaban J connectivity index is 1.48. The molecule has 3 rings (SSSR count). The summed E-state index contributed by atoms with van der Waals surface area (Å²) in [6.45, 7) is 2.46. The van der Waals surface area contributed by atoms with E-state index in [1.165, 1.54) is 6.07 Å². The molecule has 0 aliphatic heterocycles. The summed E-state index contributed by atoms with van der Waals surface area (Å²) >= 11 is 0. The molecule has 0 radical (unpaired) electrons. The van der Waals surface area contributed by atoms with Gasteiger partial charge in [-0.25, -0.2) is 4.79 Å². The van der Waals surface area contributed by atoms with Crippen molar-refractivity contribution < 1.29 is 9.72 Å². The van der Waals surface area contributed by atoms with Crippen LogP contribution in [0.5, 0.6) is 0 Å². The SMILES string of the molecule is CC(NC(=O)NCCNc1ccccc1[N+](=O)[O-])c1nnc2ccccn12. The highest BCUT2D eigenvalue weighted by Crippen LogP contribution is 2.22. The van der Waals surface area contributed by atoms with Crippen LogP contribution >= 0.6 is 0 Å². The van der Waals surface area contributed by atoms with Crippen molar-refractivity contribution in [2.24, 2.45) is 0 Å². The lowest BCUT2D eigenvalue weighted by molar-refractivity contribution is -0.384. The number of aromatic nitrogens is 3. The molecule has 0 spiro atoms. The van der Waals surface area contributed by atoms with E-state index < -0.39 is 4.92 Å². The zero-order valence-electron chi connectivity index (χ0n) is 14.6. The Hall–Kier alpha value is -3.69. The van der Waals surface area contributed by atoms with Crippen LogP contribution in [-0.2, 0) is 0 Å². The van der Waals surface area contributed by atoms with Crippen molar-refractivity contribution in [2.75, 3.05) is 18.4 Å². The number of nitrogens with one attached hydrogen (secondary N) is 3. The first-order valence-corrected chi connectivity index (χ1v) is 8.37. The number of benzene rings is 1. The van der Waals surface area contributed by atoms with Crippen LogP contribution in [0.4, 0.5) is 16.2 Å². The van der Waals surface area contributed by atoms with Gasteiger partial charge < -0.3 is 16.0 Å². The smallest absolute Gasteiger partial charge is 0.315 e. The van der Waals surface area contributed by atoms with Crippen molar-refractivity contribution in [3.8, 4) is 0 Å². The minimum atomic E-state index is -0.451. The number of pyridine rings is 1. The van der Waals surface area contributed by atoms with Gasteiger partial charge in [0.25, 0.3) is 5.69 Å². The highest BCUT2D eigenvalue weighted by molar-refractivity contribution is 5.74. The number of rotatable bonds is 7. The van der Waals surface area contributed by atoms with Crippen LogP contribution in [0, 0.1) is 10.1 Å². The van der Waals surface area contributed by atoms with Crippen LogP contribution < -0.4 is 16.0 Å². The van der Waals surface area contributed by atoms with Crippen LogP contribution in [-0.4, -0.2) is 38.6 Å². The number of para-hydroxylation sites is 2. The van der Waals surface area contributed by atoms with Crippen molar-refractivity contribution in [3.63, 3.8) is 0 Å². The summed E-state index contributed by atoms with van der Waals surface area (Å²) in [7, 11) is 0. The Bertz CT molecular complexity index is 956. The predicted octanol–water partition coefficient (Wildman–Crippen LogP) is 2.11. The van der Waals surface area contributed by atoms with E-state index in [1.54, 1.807) is 22.6 Å². The Kier molecular flexibility index (Phi) is 5.45. The number of fused-ring (bicyclic) bond motifs is 1. The minimum Gasteiger partial charge on any atom is -0.378 e. The molecule has 0 aliphatic rings. The largest absolute Gasteiger partial charge is 0.378 e. The maximum Gasteiger partial charge on any atom is 0.315 e. The number of hydrogen-bond acceptors (Lipinski definition) is 6. The van der Waals surface area contributed by atoms with Gasteiger partial charge in [-0.1, -0.05) is 18.2 Å². The molecule has 2 heterocycles. The second-order valence-corrected chi connectivity index (χ2v) is 5.81. The summed E-state index contributed by atoms with van der Waals surface area (Å²) in [5, 5.41) is 27.6. The first-order chi connectivity index (χ1) is 13.1. The third-order valence-electron chi connectivity index (χ3n) is 3.90. The fourth-order valence-corrected chi connectivity index (χ4v) is 2.62. The van der Waals surface area contributed by atoms with Gasteiger partial charge in [-0.15, -0.1) is 10.2 Å². The zero-order chi connectivity index (χ0) is 19.2. The maximum absolute atomic E-state index is 12.1. The van der Waals surface area contributed by atoms with E-state index in [-0.39, 0.29) is 17.8 Å². The molecule has 3 aromatic rings. The van der Waals surface area contributed by atoms with Crippen molar-refractivity contribution in [1.82, 2.24) is 25.2 Å². The average Bonchev–Trinajstić information content (AvgIpc) is 3.09. The Labute approximate surface area is 154 Å². The molecular weight excluding hydrogens is 350 g/mol. The predicted molar refractivity (Wildman–Crippen MR) is 99.5 cm³/mol. The van der Waals surface area contributed by atoms with E-state index in [9.17, 15) is 14.9 Å². The number of carbonyl (C=O) groups is 1. The third kappa shape index (κ3) is 4.29. The fourth-order valence-electron chi connectivity index (χ4n) is 2.62. The maximum atomic E-state index is 12.1. The fraction of sp³-hybridized carbons (Fsp3) is 0.235. The molecule has 140 valence electrons. The van der Waals surface area contributed by atoms with E-state index in [2.05, 4.69) is 26.1 Å². The highest BCUT2D eigenvalue weighted by atomic mass is 16.6. The first-order valence-electron chi connectivity index (χ1n) is 8.37. The van der Waals surface area contributed by atoms with Crippen LogP contribution in [0.2, 0.25) is 0 Å². The van der Waals surface area contributed by atoms with Crippen molar-refractivity contribution in [2.45, 2.75) is 13.0 Å². The van der Waals surface area contributed by atoms with Gasteiger partial charge in [-0.05, 0) is 25.1 Å². The van der Waals surface area contributed by atoms with Gasteiger partial charge >= 0.3 is 6.03 Å². The Morgan fingerprint density at radius 2 is 1.96 bits per heavy atom. The molecule has 27 heavy (non-hydrogen) atoms. The molecule has 2 aromatic heterocycles. The number of hydrogen-bond donors (Lipinski definition) is 3. The topological polar surface area (TPSA) is 126 Å². The number of amides is 2. The molecule has 0 bridgehead atoms. The molecule has 0 saturated heterocycles. The van der Waals surface area contributed by atoms with Crippen molar-refractivity contribution in [1.29, 1.82) is 0 Å². The highest BCUT2D eigenvalue weighted by Gasteiger charge is 2.15. The summed E-state index contributed by atoms with van der Waals surface area (Å²) in [4.78, 5) is 22.6. The summed E-state index contributed by atoms with van der Waals surface area (Å²) < 4.78 is 1.81. The summed E-state index contributed by atoms with van der Waals surface area (Å²) in [6.07, 6.45) is 1.83. The lowest BCUT2D eigenvalue weighted by Crippen LogP contribution is -2.39. The van der Waals surface area contributed by atoms with E-state index in [0.29, 0.717) is 30.2 Å².